The lowest BCUT2D eigenvalue weighted by molar-refractivity contribution is 0.188. The molecule has 0 radical (unpaired) electrons. The van der Waals surface area contributed by atoms with Gasteiger partial charge in [0.15, 0.2) is 0 Å². The summed E-state index contributed by atoms with van der Waals surface area (Å²) in [5.74, 6) is 0. The minimum atomic E-state index is -0.224. The van der Waals surface area contributed by atoms with Gasteiger partial charge in [-0.05, 0) is 52.2 Å². The summed E-state index contributed by atoms with van der Waals surface area (Å²) in [6.45, 7) is 1.92. The van der Waals surface area contributed by atoms with Crippen molar-refractivity contribution in [1.82, 2.24) is 14.9 Å². The van der Waals surface area contributed by atoms with Crippen LogP contribution in [0.3, 0.4) is 0 Å². The van der Waals surface area contributed by atoms with Crippen LogP contribution in [0.15, 0.2) is 53.3 Å². The maximum atomic E-state index is 12.1. The topological polar surface area (TPSA) is 68.2 Å². The number of nitrogens with zero attached hydrogens (tertiary/aromatic N) is 2. The molecular weight excluding hydrogens is 396 g/mol. The molecule has 136 valence electrons. The van der Waals surface area contributed by atoms with Gasteiger partial charge in [-0.2, -0.15) is 0 Å². The number of carbonyl (C=O) groups excluding carboxylic acids is 1. The SMILES string of the molecule is COCCn1cc(CCNC(=O)Nc2ccccc2Br)c2cccnc21. The summed E-state index contributed by atoms with van der Waals surface area (Å²) in [5, 5.41) is 6.84. The third-order valence-corrected chi connectivity index (χ3v) is 4.75. The van der Waals surface area contributed by atoms with Crippen LogP contribution in [0, 0.1) is 0 Å². The molecule has 0 aliphatic heterocycles. The summed E-state index contributed by atoms with van der Waals surface area (Å²) in [6.07, 6.45) is 4.61. The van der Waals surface area contributed by atoms with E-state index < -0.39 is 0 Å². The predicted molar refractivity (Wildman–Crippen MR) is 106 cm³/mol. The molecule has 0 atom stereocenters. The van der Waals surface area contributed by atoms with Gasteiger partial charge in [-0.25, -0.2) is 9.78 Å². The molecule has 2 N–H and O–H groups in total. The molecule has 2 aromatic heterocycles. The lowest BCUT2D eigenvalue weighted by Gasteiger charge is -2.08. The first-order chi connectivity index (χ1) is 12.7. The zero-order valence-corrected chi connectivity index (χ0v) is 16.1. The number of para-hydroxylation sites is 1. The van der Waals surface area contributed by atoms with Crippen molar-refractivity contribution in [2.24, 2.45) is 0 Å². The smallest absolute Gasteiger partial charge is 0.319 e. The van der Waals surface area contributed by atoms with Crippen LogP contribution in [0.5, 0.6) is 0 Å². The molecule has 0 bridgehead atoms. The minimum Gasteiger partial charge on any atom is -0.383 e. The second-order valence-electron chi connectivity index (χ2n) is 5.83. The van der Waals surface area contributed by atoms with E-state index >= 15 is 0 Å². The number of hydrogen-bond acceptors (Lipinski definition) is 3. The van der Waals surface area contributed by atoms with E-state index in [9.17, 15) is 4.79 Å². The summed E-state index contributed by atoms with van der Waals surface area (Å²) in [7, 11) is 1.69. The standard InChI is InChI=1S/C19H21BrN4O2/c1-26-12-11-24-13-14(15-5-4-9-21-18(15)24)8-10-22-19(25)23-17-7-3-2-6-16(17)20/h2-7,9,13H,8,10-12H2,1H3,(H2,22,23,25). The van der Waals surface area contributed by atoms with E-state index in [1.54, 1.807) is 13.3 Å². The molecule has 0 saturated heterocycles. The van der Waals surface area contributed by atoms with E-state index in [0.717, 1.165) is 39.7 Å². The largest absolute Gasteiger partial charge is 0.383 e. The van der Waals surface area contributed by atoms with Crippen molar-refractivity contribution in [2.75, 3.05) is 25.6 Å². The number of nitrogens with one attached hydrogen (secondary N) is 2. The van der Waals surface area contributed by atoms with Crippen molar-refractivity contribution in [3.63, 3.8) is 0 Å². The number of aromatic nitrogens is 2. The Morgan fingerprint density at radius 1 is 1.27 bits per heavy atom. The maximum Gasteiger partial charge on any atom is 0.319 e. The van der Waals surface area contributed by atoms with Gasteiger partial charge in [0.05, 0.1) is 12.3 Å². The van der Waals surface area contributed by atoms with E-state index in [2.05, 4.69) is 48.4 Å². The number of fused-ring (bicyclic) bond motifs is 1. The Kier molecular flexibility index (Phi) is 6.25. The number of anilines is 1. The Bertz CT molecular complexity index is 894. The van der Waals surface area contributed by atoms with Crippen molar-refractivity contribution in [2.45, 2.75) is 13.0 Å². The van der Waals surface area contributed by atoms with Crippen molar-refractivity contribution in [3.05, 3.63) is 58.8 Å². The first-order valence-corrected chi connectivity index (χ1v) is 9.19. The average Bonchev–Trinajstić information content (AvgIpc) is 3.00. The highest BCUT2D eigenvalue weighted by Gasteiger charge is 2.10. The summed E-state index contributed by atoms with van der Waals surface area (Å²) >= 11 is 3.42. The van der Waals surface area contributed by atoms with Crippen LogP contribution in [0.2, 0.25) is 0 Å². The second kappa shape index (κ2) is 8.82. The van der Waals surface area contributed by atoms with Crippen LogP contribution in [-0.2, 0) is 17.7 Å². The fraction of sp³-hybridized carbons (Fsp3) is 0.263. The van der Waals surface area contributed by atoms with Crippen LogP contribution < -0.4 is 10.6 Å². The van der Waals surface area contributed by atoms with Crippen LogP contribution >= 0.6 is 15.9 Å². The molecule has 0 aliphatic carbocycles. The van der Waals surface area contributed by atoms with Gasteiger partial charge in [0, 0.05) is 42.5 Å². The first-order valence-electron chi connectivity index (χ1n) is 8.40. The van der Waals surface area contributed by atoms with Crippen molar-refractivity contribution in [1.29, 1.82) is 0 Å². The van der Waals surface area contributed by atoms with Crippen LogP contribution in [0.25, 0.3) is 11.0 Å². The number of methoxy groups -OCH3 is 1. The first kappa shape index (κ1) is 18.4. The third kappa shape index (κ3) is 4.42. The van der Waals surface area contributed by atoms with Gasteiger partial charge in [0.1, 0.15) is 5.65 Å². The highest BCUT2D eigenvalue weighted by molar-refractivity contribution is 9.10. The summed E-state index contributed by atoms with van der Waals surface area (Å²) in [5.41, 5.74) is 2.84. The number of ether oxygens (including phenoxy) is 1. The van der Waals surface area contributed by atoms with Crippen molar-refractivity contribution >= 4 is 38.7 Å². The molecule has 7 heteroatoms. The van der Waals surface area contributed by atoms with E-state index in [1.807, 2.05) is 30.3 Å². The molecule has 0 saturated carbocycles. The molecule has 1 aromatic carbocycles. The molecule has 0 spiro atoms. The Morgan fingerprint density at radius 3 is 2.92 bits per heavy atom. The molecule has 2 amide bonds. The minimum absolute atomic E-state index is 0.224. The zero-order chi connectivity index (χ0) is 18.4. The monoisotopic (exact) mass is 416 g/mol. The van der Waals surface area contributed by atoms with E-state index in [0.29, 0.717) is 13.2 Å². The Labute approximate surface area is 160 Å². The quantitative estimate of drug-likeness (QED) is 0.615. The Hall–Kier alpha value is -2.38. The molecule has 0 unspecified atom stereocenters. The molecule has 0 fully saturated rings. The van der Waals surface area contributed by atoms with Gasteiger partial charge in [-0.15, -0.1) is 0 Å². The molecule has 2 heterocycles. The van der Waals surface area contributed by atoms with Crippen LogP contribution in [0.4, 0.5) is 10.5 Å². The Balaban J connectivity index is 1.61. The zero-order valence-electron chi connectivity index (χ0n) is 14.5. The van der Waals surface area contributed by atoms with Gasteiger partial charge in [0.2, 0.25) is 0 Å². The number of pyridine rings is 1. The molecule has 3 aromatic rings. The number of rotatable bonds is 7. The summed E-state index contributed by atoms with van der Waals surface area (Å²) in [6, 6.07) is 11.3. The summed E-state index contributed by atoms with van der Waals surface area (Å²) in [4.78, 5) is 16.6. The highest BCUT2D eigenvalue weighted by atomic mass is 79.9. The lowest BCUT2D eigenvalue weighted by Crippen LogP contribution is -2.30. The predicted octanol–water partition coefficient (Wildman–Crippen LogP) is 3.81. The van der Waals surface area contributed by atoms with Crippen LogP contribution in [-0.4, -0.2) is 35.8 Å². The Morgan fingerprint density at radius 2 is 2.12 bits per heavy atom. The lowest BCUT2D eigenvalue weighted by atomic mass is 10.1. The normalized spacial score (nSPS) is 10.8. The third-order valence-electron chi connectivity index (χ3n) is 4.05. The maximum absolute atomic E-state index is 12.1. The van der Waals surface area contributed by atoms with E-state index in [-0.39, 0.29) is 6.03 Å². The van der Waals surface area contributed by atoms with E-state index in [1.165, 1.54) is 0 Å². The fourth-order valence-electron chi connectivity index (χ4n) is 2.79. The molecule has 26 heavy (non-hydrogen) atoms. The van der Waals surface area contributed by atoms with Crippen molar-refractivity contribution < 1.29 is 9.53 Å². The summed E-state index contributed by atoms with van der Waals surface area (Å²) < 4.78 is 8.11. The molecule has 3 rings (SSSR count). The van der Waals surface area contributed by atoms with Crippen LogP contribution in [0.1, 0.15) is 5.56 Å². The number of carbonyl (C=O) groups is 1. The molecule has 0 aliphatic rings. The number of hydrogen-bond donors (Lipinski definition) is 2. The van der Waals surface area contributed by atoms with Gasteiger partial charge in [-0.3, -0.25) is 0 Å². The van der Waals surface area contributed by atoms with Gasteiger partial charge < -0.3 is 19.9 Å². The molecular formula is C19H21BrN4O2. The van der Waals surface area contributed by atoms with Gasteiger partial charge >= 0.3 is 6.03 Å². The van der Waals surface area contributed by atoms with Crippen molar-refractivity contribution in [3.8, 4) is 0 Å². The van der Waals surface area contributed by atoms with E-state index in [4.69, 9.17) is 4.74 Å². The molecule has 6 nitrogen and oxygen atoms in total. The second-order valence-corrected chi connectivity index (χ2v) is 6.68. The number of urea groups is 1. The fourth-order valence-corrected chi connectivity index (χ4v) is 3.18. The van der Waals surface area contributed by atoms with Gasteiger partial charge in [0.25, 0.3) is 0 Å². The van der Waals surface area contributed by atoms with Gasteiger partial charge in [-0.1, -0.05) is 12.1 Å². The number of benzene rings is 1. The highest BCUT2D eigenvalue weighted by Crippen LogP contribution is 2.21. The average molecular weight is 417 g/mol. The number of amides is 2. The number of halogens is 1.